The quantitative estimate of drug-likeness (QED) is 0.532. The summed E-state index contributed by atoms with van der Waals surface area (Å²) in [5.41, 5.74) is 5.43. The number of hydrogen-bond donors (Lipinski definition) is 2. The first kappa shape index (κ1) is 13.9. The summed E-state index contributed by atoms with van der Waals surface area (Å²) in [5.74, 6) is 0.826. The van der Waals surface area contributed by atoms with Crippen LogP contribution in [0.4, 0.5) is 0 Å². The Kier molecular flexibility index (Phi) is 10.9. The van der Waals surface area contributed by atoms with Crippen LogP contribution in [-0.2, 0) is 0 Å². The molecule has 14 heavy (non-hydrogen) atoms. The van der Waals surface area contributed by atoms with E-state index in [2.05, 4.69) is 19.2 Å². The maximum absolute atomic E-state index is 5.43. The van der Waals surface area contributed by atoms with Gasteiger partial charge in [0.05, 0.1) is 0 Å². The SMILES string of the molecule is CCC(C)CNCCCCCCCN. The van der Waals surface area contributed by atoms with E-state index in [-0.39, 0.29) is 0 Å². The average Bonchev–Trinajstić information content (AvgIpc) is 2.21. The Balaban J connectivity index is 2.92. The fraction of sp³-hybridized carbons (Fsp3) is 1.00. The Morgan fingerprint density at radius 3 is 2.36 bits per heavy atom. The standard InChI is InChI=1S/C12H28N2/c1-3-12(2)11-14-10-8-6-4-5-7-9-13/h12,14H,3-11,13H2,1-2H3. The number of nitrogens with one attached hydrogen (secondary N) is 1. The van der Waals surface area contributed by atoms with Crippen molar-refractivity contribution in [2.75, 3.05) is 19.6 Å². The molecule has 86 valence electrons. The monoisotopic (exact) mass is 200 g/mol. The molecular weight excluding hydrogens is 172 g/mol. The van der Waals surface area contributed by atoms with Gasteiger partial charge in [0.25, 0.3) is 0 Å². The zero-order chi connectivity index (χ0) is 10.6. The second-order valence-electron chi connectivity index (χ2n) is 4.27. The van der Waals surface area contributed by atoms with Crippen molar-refractivity contribution >= 4 is 0 Å². The van der Waals surface area contributed by atoms with Gasteiger partial charge in [0, 0.05) is 0 Å². The Bertz CT molecular complexity index is 104. The third-order valence-electron chi connectivity index (χ3n) is 2.75. The summed E-state index contributed by atoms with van der Waals surface area (Å²) in [6.07, 6.45) is 7.81. The average molecular weight is 200 g/mol. The molecule has 0 bridgehead atoms. The predicted octanol–water partition coefficient (Wildman–Crippen LogP) is 2.53. The third-order valence-corrected chi connectivity index (χ3v) is 2.75. The fourth-order valence-corrected chi connectivity index (χ4v) is 1.42. The summed E-state index contributed by atoms with van der Waals surface area (Å²) in [4.78, 5) is 0. The second-order valence-corrected chi connectivity index (χ2v) is 4.27. The molecule has 0 aromatic rings. The van der Waals surface area contributed by atoms with Crippen molar-refractivity contribution in [1.82, 2.24) is 5.32 Å². The first-order valence-corrected chi connectivity index (χ1v) is 6.22. The molecule has 1 atom stereocenters. The summed E-state index contributed by atoms with van der Waals surface area (Å²) in [5, 5.41) is 3.50. The zero-order valence-corrected chi connectivity index (χ0v) is 10.0. The van der Waals surface area contributed by atoms with Gasteiger partial charge in [0.15, 0.2) is 0 Å². The van der Waals surface area contributed by atoms with Crippen molar-refractivity contribution < 1.29 is 0 Å². The van der Waals surface area contributed by atoms with Gasteiger partial charge in [-0.2, -0.15) is 0 Å². The highest BCUT2D eigenvalue weighted by Gasteiger charge is 1.96. The highest BCUT2D eigenvalue weighted by Crippen LogP contribution is 2.02. The van der Waals surface area contributed by atoms with Crippen LogP contribution >= 0.6 is 0 Å². The maximum atomic E-state index is 5.43. The van der Waals surface area contributed by atoms with Crippen molar-refractivity contribution in [3.8, 4) is 0 Å². The minimum atomic E-state index is 0.826. The fourth-order valence-electron chi connectivity index (χ4n) is 1.42. The van der Waals surface area contributed by atoms with Gasteiger partial charge in [-0.1, -0.05) is 39.5 Å². The van der Waals surface area contributed by atoms with Gasteiger partial charge < -0.3 is 11.1 Å². The van der Waals surface area contributed by atoms with E-state index < -0.39 is 0 Å². The van der Waals surface area contributed by atoms with Crippen molar-refractivity contribution in [3.05, 3.63) is 0 Å². The predicted molar refractivity (Wildman–Crippen MR) is 64.5 cm³/mol. The van der Waals surface area contributed by atoms with E-state index >= 15 is 0 Å². The number of nitrogens with two attached hydrogens (primary N) is 1. The van der Waals surface area contributed by atoms with E-state index in [1.807, 2.05) is 0 Å². The molecule has 0 aromatic heterocycles. The third kappa shape index (κ3) is 10.0. The lowest BCUT2D eigenvalue weighted by Gasteiger charge is -2.09. The molecule has 0 fully saturated rings. The number of unbranched alkanes of at least 4 members (excludes halogenated alkanes) is 4. The van der Waals surface area contributed by atoms with E-state index in [1.54, 1.807) is 0 Å². The first-order valence-electron chi connectivity index (χ1n) is 6.22. The normalized spacial score (nSPS) is 13.1. The van der Waals surface area contributed by atoms with Crippen LogP contribution in [0, 0.1) is 5.92 Å². The highest BCUT2D eigenvalue weighted by atomic mass is 14.8. The lowest BCUT2D eigenvalue weighted by atomic mass is 10.1. The molecule has 0 amide bonds. The van der Waals surface area contributed by atoms with E-state index in [1.165, 1.54) is 51.6 Å². The molecule has 0 spiro atoms. The largest absolute Gasteiger partial charge is 0.330 e. The molecule has 2 nitrogen and oxygen atoms in total. The summed E-state index contributed by atoms with van der Waals surface area (Å²) in [7, 11) is 0. The molecule has 0 radical (unpaired) electrons. The molecule has 0 aliphatic carbocycles. The smallest absolute Gasteiger partial charge is 0.00233 e. The van der Waals surface area contributed by atoms with Gasteiger partial charge in [-0.15, -0.1) is 0 Å². The molecule has 0 rings (SSSR count). The van der Waals surface area contributed by atoms with Gasteiger partial charge >= 0.3 is 0 Å². The molecule has 0 heterocycles. The molecule has 2 heteroatoms. The Labute approximate surface area is 89.6 Å². The highest BCUT2D eigenvalue weighted by molar-refractivity contribution is 4.55. The van der Waals surface area contributed by atoms with Crippen LogP contribution in [0.1, 0.15) is 52.4 Å². The van der Waals surface area contributed by atoms with Gasteiger partial charge in [0.1, 0.15) is 0 Å². The molecule has 0 aliphatic rings. The van der Waals surface area contributed by atoms with Crippen molar-refractivity contribution in [3.63, 3.8) is 0 Å². The van der Waals surface area contributed by atoms with E-state index in [4.69, 9.17) is 5.73 Å². The Morgan fingerprint density at radius 1 is 1.07 bits per heavy atom. The minimum Gasteiger partial charge on any atom is -0.330 e. The van der Waals surface area contributed by atoms with Crippen LogP contribution in [0.25, 0.3) is 0 Å². The summed E-state index contributed by atoms with van der Waals surface area (Å²) in [6.45, 7) is 7.77. The summed E-state index contributed by atoms with van der Waals surface area (Å²) >= 11 is 0. The lowest BCUT2D eigenvalue weighted by Crippen LogP contribution is -2.21. The van der Waals surface area contributed by atoms with Crippen LogP contribution in [0.2, 0.25) is 0 Å². The molecule has 1 unspecified atom stereocenters. The van der Waals surface area contributed by atoms with Gasteiger partial charge in [-0.25, -0.2) is 0 Å². The molecular formula is C12H28N2. The van der Waals surface area contributed by atoms with Crippen LogP contribution in [0.15, 0.2) is 0 Å². The van der Waals surface area contributed by atoms with Crippen LogP contribution < -0.4 is 11.1 Å². The molecule has 0 aromatic carbocycles. The van der Waals surface area contributed by atoms with Crippen molar-refractivity contribution in [2.45, 2.75) is 52.4 Å². The van der Waals surface area contributed by atoms with Crippen LogP contribution in [-0.4, -0.2) is 19.6 Å². The molecule has 0 saturated carbocycles. The Hall–Kier alpha value is -0.0800. The number of rotatable bonds is 10. The minimum absolute atomic E-state index is 0.826. The molecule has 0 saturated heterocycles. The van der Waals surface area contributed by atoms with E-state index in [0.717, 1.165) is 12.5 Å². The number of hydrogen-bond acceptors (Lipinski definition) is 2. The van der Waals surface area contributed by atoms with Crippen LogP contribution in [0.5, 0.6) is 0 Å². The summed E-state index contributed by atoms with van der Waals surface area (Å²) in [6, 6.07) is 0. The van der Waals surface area contributed by atoms with E-state index in [9.17, 15) is 0 Å². The van der Waals surface area contributed by atoms with Crippen LogP contribution in [0.3, 0.4) is 0 Å². The van der Waals surface area contributed by atoms with Crippen molar-refractivity contribution in [2.24, 2.45) is 11.7 Å². The zero-order valence-electron chi connectivity index (χ0n) is 10.0. The van der Waals surface area contributed by atoms with E-state index in [0.29, 0.717) is 0 Å². The topological polar surface area (TPSA) is 38.0 Å². The van der Waals surface area contributed by atoms with Gasteiger partial charge in [0.2, 0.25) is 0 Å². The second kappa shape index (κ2) is 11.0. The van der Waals surface area contributed by atoms with Gasteiger partial charge in [-0.3, -0.25) is 0 Å². The maximum Gasteiger partial charge on any atom is -0.00233 e. The van der Waals surface area contributed by atoms with Gasteiger partial charge in [-0.05, 0) is 38.4 Å². The molecule has 0 aliphatic heterocycles. The first-order chi connectivity index (χ1) is 6.81. The summed E-state index contributed by atoms with van der Waals surface area (Å²) < 4.78 is 0. The Morgan fingerprint density at radius 2 is 1.71 bits per heavy atom. The molecule has 3 N–H and O–H groups in total. The lowest BCUT2D eigenvalue weighted by molar-refractivity contribution is 0.486. The van der Waals surface area contributed by atoms with Crippen molar-refractivity contribution in [1.29, 1.82) is 0 Å².